The van der Waals surface area contributed by atoms with E-state index in [0.717, 1.165) is 36.1 Å². The summed E-state index contributed by atoms with van der Waals surface area (Å²) in [5.41, 5.74) is 4.34. The van der Waals surface area contributed by atoms with Crippen molar-refractivity contribution in [2.75, 3.05) is 11.4 Å². The SMILES string of the molecule is Cc1n(CC(=O)N2CCC3(C)c4ccccc4N(Cc4ccccc4)C23)cc[n+]1CC(=O)c1ccc2ccccc2c1. The Labute approximate surface area is 246 Å². The molecule has 5 aromatic rings. The lowest BCUT2D eigenvalue weighted by Crippen LogP contribution is -2.51. The molecule has 6 heteroatoms. The Morgan fingerprint density at radius 1 is 0.905 bits per heavy atom. The maximum absolute atomic E-state index is 14.0. The van der Waals surface area contributed by atoms with Crippen LogP contribution in [0, 0.1) is 6.92 Å². The van der Waals surface area contributed by atoms with Crippen LogP contribution in [0.5, 0.6) is 0 Å². The number of rotatable bonds is 7. The van der Waals surface area contributed by atoms with Gasteiger partial charge in [0, 0.05) is 36.7 Å². The Kier molecular flexibility index (Phi) is 6.42. The monoisotopic (exact) mass is 555 g/mol. The zero-order chi connectivity index (χ0) is 28.8. The van der Waals surface area contributed by atoms with Gasteiger partial charge >= 0.3 is 0 Å². The molecule has 1 aromatic heterocycles. The number of fused-ring (bicyclic) bond motifs is 4. The number of anilines is 1. The lowest BCUT2D eigenvalue weighted by Gasteiger charge is -2.36. The predicted octanol–water partition coefficient (Wildman–Crippen LogP) is 5.66. The topological polar surface area (TPSA) is 49.4 Å². The van der Waals surface area contributed by atoms with Gasteiger partial charge in [0.1, 0.15) is 18.6 Å². The smallest absolute Gasteiger partial charge is 0.266 e. The van der Waals surface area contributed by atoms with Crippen molar-refractivity contribution in [3.8, 4) is 0 Å². The maximum atomic E-state index is 14.0. The molecule has 3 heterocycles. The molecule has 0 bridgehead atoms. The zero-order valence-corrected chi connectivity index (χ0v) is 24.1. The fourth-order valence-corrected chi connectivity index (χ4v) is 7.01. The van der Waals surface area contributed by atoms with E-state index in [-0.39, 0.29) is 36.4 Å². The van der Waals surface area contributed by atoms with E-state index in [1.165, 1.54) is 16.8 Å². The highest BCUT2D eigenvalue weighted by molar-refractivity contribution is 5.99. The second-order valence-electron chi connectivity index (χ2n) is 11.8. The fourth-order valence-electron chi connectivity index (χ4n) is 7.01. The van der Waals surface area contributed by atoms with Gasteiger partial charge in [-0.2, -0.15) is 0 Å². The summed E-state index contributed by atoms with van der Waals surface area (Å²) in [7, 11) is 0. The van der Waals surface area contributed by atoms with Gasteiger partial charge in [-0.3, -0.25) is 9.59 Å². The van der Waals surface area contributed by atoms with Crippen molar-refractivity contribution >= 4 is 28.2 Å². The van der Waals surface area contributed by atoms with Crippen LogP contribution in [0.3, 0.4) is 0 Å². The zero-order valence-electron chi connectivity index (χ0n) is 24.1. The van der Waals surface area contributed by atoms with Crippen LogP contribution in [0.2, 0.25) is 0 Å². The number of likely N-dealkylation sites (tertiary alicyclic amines) is 1. The van der Waals surface area contributed by atoms with E-state index >= 15 is 0 Å². The average molecular weight is 556 g/mol. The Balaban J connectivity index is 1.11. The second kappa shape index (κ2) is 10.3. The summed E-state index contributed by atoms with van der Waals surface area (Å²) < 4.78 is 3.90. The van der Waals surface area contributed by atoms with Gasteiger partial charge in [0.05, 0.1) is 0 Å². The third-order valence-electron chi connectivity index (χ3n) is 9.33. The second-order valence-corrected chi connectivity index (χ2v) is 11.8. The molecule has 0 spiro atoms. The number of para-hydroxylation sites is 1. The summed E-state index contributed by atoms with van der Waals surface area (Å²) in [6, 6.07) is 33.0. The molecule has 42 heavy (non-hydrogen) atoms. The maximum Gasteiger partial charge on any atom is 0.266 e. The summed E-state index contributed by atoms with van der Waals surface area (Å²) in [6.07, 6.45) is 4.71. The van der Waals surface area contributed by atoms with Crippen LogP contribution in [0.15, 0.2) is 109 Å². The standard InChI is InChI=1S/C36H35N4O2/c1-26-37(24-33(41)30-17-16-28-12-6-7-13-29(28)22-30)20-21-38(26)25-34(42)39-19-18-36(2)31-14-8-9-15-32(31)40(35(36)39)23-27-10-4-3-5-11-27/h3-17,20-22,35H,18-19,23-25H2,1-2H3/q+1. The summed E-state index contributed by atoms with van der Waals surface area (Å²) in [4.78, 5) is 31.7. The van der Waals surface area contributed by atoms with Crippen LogP contribution in [0.1, 0.15) is 40.7 Å². The molecule has 7 rings (SSSR count). The van der Waals surface area contributed by atoms with Gasteiger partial charge in [-0.05, 0) is 40.5 Å². The molecule has 1 saturated heterocycles. The number of Topliss-reactive ketones (excluding diaryl/α,β-unsaturated/α-hetero) is 1. The van der Waals surface area contributed by atoms with Crippen LogP contribution in [-0.2, 0) is 29.8 Å². The molecule has 2 atom stereocenters. The third kappa shape index (κ3) is 4.38. The van der Waals surface area contributed by atoms with Crippen molar-refractivity contribution in [3.63, 3.8) is 0 Å². The van der Waals surface area contributed by atoms with Crippen LogP contribution in [0.25, 0.3) is 10.8 Å². The number of aromatic nitrogens is 2. The Bertz CT molecular complexity index is 1810. The minimum atomic E-state index is -0.126. The molecule has 0 N–H and O–H groups in total. The Morgan fingerprint density at radius 3 is 2.48 bits per heavy atom. The first-order chi connectivity index (χ1) is 20.4. The fraction of sp³-hybridized carbons (Fsp3) is 0.250. The molecule has 210 valence electrons. The number of nitrogens with zero attached hydrogens (tertiary/aromatic N) is 4. The summed E-state index contributed by atoms with van der Waals surface area (Å²) in [6.45, 7) is 6.23. The molecule has 6 nitrogen and oxygen atoms in total. The number of carbonyl (C=O) groups is 2. The number of ketones is 1. The Morgan fingerprint density at radius 2 is 1.64 bits per heavy atom. The van der Waals surface area contributed by atoms with E-state index in [1.807, 2.05) is 77.0 Å². The van der Waals surface area contributed by atoms with Crippen molar-refractivity contribution in [1.29, 1.82) is 0 Å². The molecule has 0 saturated carbocycles. The number of benzene rings is 4. The van der Waals surface area contributed by atoms with Crippen molar-refractivity contribution < 1.29 is 14.2 Å². The van der Waals surface area contributed by atoms with Crippen LogP contribution in [0.4, 0.5) is 5.69 Å². The van der Waals surface area contributed by atoms with E-state index in [4.69, 9.17) is 0 Å². The largest absolute Gasteiger partial charge is 0.346 e. The highest BCUT2D eigenvalue weighted by Crippen LogP contribution is 2.52. The van der Waals surface area contributed by atoms with Gasteiger partial charge in [-0.15, -0.1) is 0 Å². The number of carbonyl (C=O) groups excluding carboxylic acids is 2. The number of hydrogen-bond acceptors (Lipinski definition) is 3. The first-order valence-corrected chi connectivity index (χ1v) is 14.7. The van der Waals surface area contributed by atoms with E-state index in [2.05, 4.69) is 65.3 Å². The van der Waals surface area contributed by atoms with Crippen molar-refractivity contribution in [3.05, 3.63) is 132 Å². The molecule has 2 aliphatic rings. The van der Waals surface area contributed by atoms with Gasteiger partial charge in [0.25, 0.3) is 11.7 Å². The van der Waals surface area contributed by atoms with Gasteiger partial charge in [0.15, 0.2) is 13.1 Å². The number of amides is 1. The van der Waals surface area contributed by atoms with E-state index < -0.39 is 0 Å². The minimum absolute atomic E-state index is 0.0416. The minimum Gasteiger partial charge on any atom is -0.346 e. The summed E-state index contributed by atoms with van der Waals surface area (Å²) in [5, 5.41) is 2.18. The summed E-state index contributed by atoms with van der Waals surface area (Å²) in [5.74, 6) is 1.03. The molecular weight excluding hydrogens is 520 g/mol. The molecule has 1 amide bonds. The predicted molar refractivity (Wildman–Crippen MR) is 164 cm³/mol. The lowest BCUT2D eigenvalue weighted by molar-refractivity contribution is -0.688. The normalized spacial score (nSPS) is 19.2. The third-order valence-corrected chi connectivity index (χ3v) is 9.33. The van der Waals surface area contributed by atoms with Crippen LogP contribution in [-0.4, -0.2) is 33.9 Å². The van der Waals surface area contributed by atoms with Gasteiger partial charge < -0.3 is 9.80 Å². The molecule has 0 radical (unpaired) electrons. The highest BCUT2D eigenvalue weighted by Gasteiger charge is 2.55. The van der Waals surface area contributed by atoms with Gasteiger partial charge in [0.2, 0.25) is 5.78 Å². The molecular formula is C36H35N4O2+. The van der Waals surface area contributed by atoms with Gasteiger partial charge in [-0.25, -0.2) is 9.13 Å². The van der Waals surface area contributed by atoms with Crippen molar-refractivity contribution in [2.45, 2.75) is 51.5 Å². The highest BCUT2D eigenvalue weighted by atomic mass is 16.2. The van der Waals surface area contributed by atoms with Crippen molar-refractivity contribution in [2.24, 2.45) is 0 Å². The van der Waals surface area contributed by atoms with Gasteiger partial charge in [-0.1, -0.05) is 91.9 Å². The van der Waals surface area contributed by atoms with Crippen molar-refractivity contribution in [1.82, 2.24) is 9.47 Å². The molecule has 2 unspecified atom stereocenters. The molecule has 0 aliphatic carbocycles. The van der Waals surface area contributed by atoms with E-state index in [9.17, 15) is 9.59 Å². The Hall–Kier alpha value is -4.71. The number of hydrogen-bond donors (Lipinski definition) is 0. The average Bonchev–Trinajstić information content (AvgIpc) is 3.62. The quantitative estimate of drug-likeness (QED) is 0.193. The molecule has 1 fully saturated rings. The molecule has 2 aliphatic heterocycles. The van der Waals surface area contributed by atoms with E-state index in [1.54, 1.807) is 0 Å². The van der Waals surface area contributed by atoms with E-state index in [0.29, 0.717) is 5.56 Å². The number of imidazole rings is 1. The molecule has 4 aromatic carbocycles. The van der Waals surface area contributed by atoms with Crippen LogP contribution < -0.4 is 9.47 Å². The lowest BCUT2D eigenvalue weighted by atomic mass is 9.81. The first kappa shape index (κ1) is 26.2. The first-order valence-electron chi connectivity index (χ1n) is 14.7. The summed E-state index contributed by atoms with van der Waals surface area (Å²) >= 11 is 0. The van der Waals surface area contributed by atoms with Crippen LogP contribution >= 0.6 is 0 Å².